The Hall–Kier alpha value is -6.96. The van der Waals surface area contributed by atoms with E-state index in [9.17, 15) is 55.3 Å². The zero-order valence-corrected chi connectivity index (χ0v) is 43.8. The molecule has 0 unspecified atom stereocenters. The minimum Gasteiger partial charge on any atom is -0.744 e. The molecule has 2 amide bonds. The first-order valence-corrected chi connectivity index (χ1v) is 23.1. The van der Waals surface area contributed by atoms with E-state index in [-0.39, 0.29) is 138 Å². The normalized spacial score (nSPS) is 14.1. The maximum Gasteiger partial charge on any atom is 1.00 e. The van der Waals surface area contributed by atoms with Crippen LogP contribution >= 0.6 is 0 Å². The Bertz CT molecular complexity index is 3370. The van der Waals surface area contributed by atoms with Gasteiger partial charge < -0.3 is 39.4 Å². The smallest absolute Gasteiger partial charge is 0.744 e. The number of methoxy groups -OCH3 is 2. The van der Waals surface area contributed by atoms with E-state index >= 15 is 0 Å². The molecule has 6 aromatic carbocycles. The van der Waals surface area contributed by atoms with Crippen LogP contribution in [0, 0.1) is 0 Å². The fourth-order valence-electron chi connectivity index (χ4n) is 7.35. The Morgan fingerprint density at radius 2 is 0.861 bits per heavy atom. The van der Waals surface area contributed by atoms with Crippen molar-refractivity contribution >= 4 is 87.6 Å². The van der Waals surface area contributed by atoms with E-state index in [0.717, 1.165) is 12.1 Å². The van der Waals surface area contributed by atoms with Crippen molar-refractivity contribution in [2.75, 3.05) is 35.7 Å². The Morgan fingerprint density at radius 3 is 1.19 bits per heavy atom. The minimum absolute atomic E-state index is 0. The van der Waals surface area contributed by atoms with Crippen LogP contribution in [0.1, 0.15) is 43.0 Å². The van der Waals surface area contributed by atoms with Gasteiger partial charge in [-0.1, -0.05) is 60.7 Å². The van der Waals surface area contributed by atoms with Crippen molar-refractivity contribution in [1.82, 2.24) is 0 Å². The van der Waals surface area contributed by atoms with Gasteiger partial charge in [0.1, 0.15) is 54.7 Å². The van der Waals surface area contributed by atoms with Crippen LogP contribution in [-0.4, -0.2) is 85.2 Å². The maximum absolute atomic E-state index is 13.4. The zero-order chi connectivity index (χ0) is 50.1. The van der Waals surface area contributed by atoms with Gasteiger partial charge in [0.15, 0.2) is 0 Å². The summed E-state index contributed by atoms with van der Waals surface area (Å²) in [5.41, 5.74) is 6.72. The van der Waals surface area contributed by atoms with Gasteiger partial charge in [-0.25, -0.2) is 16.8 Å². The van der Waals surface area contributed by atoms with Crippen molar-refractivity contribution < 1.29 is 124 Å². The summed E-state index contributed by atoms with van der Waals surface area (Å²) in [6, 6.07) is 29.2. The minimum atomic E-state index is -4.97. The van der Waals surface area contributed by atoms with Crippen molar-refractivity contribution in [3.05, 3.63) is 167 Å². The molecule has 0 atom stereocenters. The summed E-state index contributed by atoms with van der Waals surface area (Å²) in [5, 5.41) is 35.1. The van der Waals surface area contributed by atoms with E-state index in [1.807, 2.05) is 0 Å². The van der Waals surface area contributed by atoms with Crippen LogP contribution in [0.4, 0.5) is 22.7 Å². The number of phenols is 2. The van der Waals surface area contributed by atoms with Gasteiger partial charge in [-0.15, -0.1) is 0 Å². The quantitative estimate of drug-likeness (QED) is 0.0380. The van der Waals surface area contributed by atoms with Gasteiger partial charge in [0.2, 0.25) is 11.6 Å². The molecule has 20 nitrogen and oxygen atoms in total. The average Bonchev–Trinajstić information content (AvgIpc) is 3.33. The predicted octanol–water partition coefficient (Wildman–Crippen LogP) is -0.135. The van der Waals surface area contributed by atoms with Crippen LogP contribution in [-0.2, 0) is 29.8 Å². The molecule has 0 saturated carbocycles. The number of phenolic OH excluding ortho intramolecular Hbond substituents is 2. The number of hydrogen-bond acceptors (Lipinski definition) is 18. The van der Waals surface area contributed by atoms with E-state index < -0.39 is 64.9 Å². The summed E-state index contributed by atoms with van der Waals surface area (Å²) in [4.78, 5) is 50.9. The second-order valence-electron chi connectivity index (χ2n) is 15.1. The number of carbonyl (C=O) groups is 4. The van der Waals surface area contributed by atoms with Crippen LogP contribution in [0.5, 0.6) is 23.0 Å². The molecule has 0 spiro atoms. The molecular formula is C48H34N6Na2O14S2. The van der Waals surface area contributed by atoms with Crippen LogP contribution in [0.25, 0.3) is 20.9 Å². The molecule has 0 radical (unpaired) electrons. The zero-order valence-electron chi connectivity index (χ0n) is 38.2. The number of ether oxygens (including phenoxy) is 2. The number of hydrogen-bond donors (Lipinski definition) is 6. The third kappa shape index (κ3) is 11.5. The molecule has 0 bridgehead atoms. The van der Waals surface area contributed by atoms with Crippen molar-refractivity contribution in [1.29, 1.82) is 0 Å². The van der Waals surface area contributed by atoms with E-state index in [2.05, 4.69) is 31.7 Å². The summed E-state index contributed by atoms with van der Waals surface area (Å²) in [6.45, 7) is 0. The SMILES string of the molecule is COc1cc(-c2ccc(NC(=O)c3ccc(NN=C4C(=O)C=C(S(=O)(=O)[O-])c5ccccc54)c(O)c3)c(OC)c2)ccc1NC(=O)c1ccc(NN=C2C(=O)C=C(S(=O)(=O)[O-])c3ccccc32)c(O)c1.[Na+].[Na+]. The first-order valence-electron chi connectivity index (χ1n) is 20.3. The van der Waals surface area contributed by atoms with Gasteiger partial charge >= 0.3 is 59.1 Å². The number of benzene rings is 6. The summed E-state index contributed by atoms with van der Waals surface area (Å²) >= 11 is 0. The fourth-order valence-corrected chi connectivity index (χ4v) is 8.75. The van der Waals surface area contributed by atoms with Gasteiger partial charge in [0.05, 0.1) is 46.8 Å². The summed E-state index contributed by atoms with van der Waals surface area (Å²) < 4.78 is 81.8. The Labute approximate surface area is 454 Å². The summed E-state index contributed by atoms with van der Waals surface area (Å²) in [6.07, 6.45) is 1.37. The first-order chi connectivity index (χ1) is 33.3. The topological polar surface area (TPSA) is 314 Å². The van der Waals surface area contributed by atoms with Crippen LogP contribution in [0.2, 0.25) is 0 Å². The van der Waals surface area contributed by atoms with Crippen LogP contribution < -0.4 is 90.1 Å². The number of fused-ring (bicyclic) bond motifs is 2. The Kier molecular flexibility index (Phi) is 16.8. The number of rotatable bonds is 13. The van der Waals surface area contributed by atoms with Crippen molar-refractivity contribution in [2.45, 2.75) is 0 Å². The van der Waals surface area contributed by atoms with Gasteiger partial charge in [-0.3, -0.25) is 30.0 Å². The van der Waals surface area contributed by atoms with Crippen molar-refractivity contribution in [2.24, 2.45) is 10.2 Å². The largest absolute Gasteiger partial charge is 1.00 e. The molecule has 2 aliphatic carbocycles. The van der Waals surface area contributed by atoms with Crippen LogP contribution in [0.3, 0.4) is 0 Å². The van der Waals surface area contributed by atoms with Crippen molar-refractivity contribution in [3.63, 3.8) is 0 Å². The number of amides is 2. The standard InChI is InChI=1S/C48H36N6O14S2.2Na/c1-67-41-21-25(11-17-35(41)49-47(59)27-13-15-33(37(55)19-27)51-53-45-31-9-5-3-7-29(31)43(23-39(45)57)69(61,62)63)26-12-18-36(42(22-26)68-2)50-48(60)28-14-16-34(38(56)20-28)52-54-46-32-10-6-4-8-30(32)44(24-40(46)58)70(64,65)66;;/h3-24,51-52,55-56H,1-2H3,(H,49,59)(H,50,60)(H,61,62,63)(H,64,65,66);;/q;2*+1/p-2. The van der Waals surface area contributed by atoms with Gasteiger partial charge in [0, 0.05) is 45.5 Å². The number of carbonyl (C=O) groups excluding carboxylic acids is 4. The molecule has 0 aromatic heterocycles. The molecule has 0 aliphatic heterocycles. The summed E-state index contributed by atoms with van der Waals surface area (Å²) in [7, 11) is -7.13. The third-order valence-electron chi connectivity index (χ3n) is 10.8. The van der Waals surface area contributed by atoms with Gasteiger partial charge in [0.25, 0.3) is 11.8 Å². The number of allylic oxidation sites excluding steroid dienone is 2. The number of aromatic hydroxyl groups is 2. The average molecular weight is 1030 g/mol. The van der Waals surface area contributed by atoms with E-state index in [1.165, 1.54) is 87.0 Å². The predicted molar refractivity (Wildman–Crippen MR) is 256 cm³/mol. The second kappa shape index (κ2) is 22.2. The van der Waals surface area contributed by atoms with E-state index in [4.69, 9.17) is 9.47 Å². The molecule has 72 heavy (non-hydrogen) atoms. The second-order valence-corrected chi connectivity index (χ2v) is 17.8. The van der Waals surface area contributed by atoms with Gasteiger partial charge in [-0.05, 0) is 71.8 Å². The third-order valence-corrected chi connectivity index (χ3v) is 12.5. The number of hydrazone groups is 2. The molecule has 0 fully saturated rings. The maximum atomic E-state index is 13.4. The molecule has 24 heteroatoms. The molecular weight excluding hydrogens is 995 g/mol. The van der Waals surface area contributed by atoms with Crippen molar-refractivity contribution in [3.8, 4) is 34.1 Å². The Morgan fingerprint density at radius 1 is 0.514 bits per heavy atom. The first kappa shape index (κ1) is 54.4. The van der Waals surface area contributed by atoms with E-state index in [0.29, 0.717) is 23.3 Å². The van der Waals surface area contributed by atoms with Crippen LogP contribution in [0.15, 0.2) is 144 Å². The summed E-state index contributed by atoms with van der Waals surface area (Å²) in [5.74, 6) is -3.26. The van der Waals surface area contributed by atoms with Gasteiger partial charge in [-0.2, -0.15) is 10.2 Å². The fraction of sp³-hybridized carbons (Fsp3) is 0.0417. The number of nitrogens with one attached hydrogen (secondary N) is 4. The molecule has 354 valence electrons. The monoisotopic (exact) mass is 1030 g/mol. The number of anilines is 4. The molecule has 6 aromatic rings. The Balaban J connectivity index is 0.00000423. The molecule has 6 N–H and O–H groups in total. The molecule has 2 aliphatic rings. The molecule has 0 saturated heterocycles. The number of ketones is 2. The van der Waals surface area contributed by atoms with E-state index in [1.54, 1.807) is 36.4 Å². The molecule has 8 rings (SSSR count). The number of nitrogens with zero attached hydrogens (tertiary/aromatic N) is 2. The molecule has 0 heterocycles.